The van der Waals surface area contributed by atoms with Crippen molar-refractivity contribution >= 4 is 44.9 Å². The summed E-state index contributed by atoms with van der Waals surface area (Å²) in [4.78, 5) is 31.8. The number of hydrogen-bond acceptors (Lipinski definition) is 4. The quantitative estimate of drug-likeness (QED) is 0.262. The van der Waals surface area contributed by atoms with Crippen LogP contribution in [0, 0.1) is 11.8 Å². The Kier molecular flexibility index (Phi) is 9.06. The number of Topliss-reactive ketones (excluding diaryl/α,β-unsaturated/α-hetero) is 1. The number of nitrogens with one attached hydrogen (secondary N) is 1. The molecule has 1 amide bonds. The molecule has 1 N–H and O–H groups in total. The highest BCUT2D eigenvalue weighted by Gasteiger charge is 2.41. The molecule has 4 rings (SSSR count). The molecule has 0 spiro atoms. The fourth-order valence-corrected chi connectivity index (χ4v) is 5.56. The standard InChI is InChI=1S/C30H33BrClN3O2/c1-4-24(25(16-17-34(2)3)28(36)21-10-12-22(31)13-11-21)29-33-27-18-23(32)14-15-26(27)30(37)35(29)19-20-8-6-5-7-9-20/h5-15,18,24-25,29,33H,4,16-17,19H2,1-3H3. The first-order valence-electron chi connectivity index (χ1n) is 12.6. The molecule has 5 nitrogen and oxygen atoms in total. The maximum Gasteiger partial charge on any atom is 0.257 e. The Morgan fingerprint density at radius 1 is 1.08 bits per heavy atom. The minimum atomic E-state index is -0.366. The highest BCUT2D eigenvalue weighted by atomic mass is 79.9. The Bertz CT molecular complexity index is 1230. The minimum Gasteiger partial charge on any atom is -0.364 e. The largest absolute Gasteiger partial charge is 0.364 e. The van der Waals surface area contributed by atoms with Crippen LogP contribution in [-0.4, -0.2) is 48.3 Å². The Morgan fingerprint density at radius 3 is 2.43 bits per heavy atom. The molecule has 7 heteroatoms. The van der Waals surface area contributed by atoms with Crippen LogP contribution in [0.15, 0.2) is 77.3 Å². The molecule has 3 aromatic carbocycles. The van der Waals surface area contributed by atoms with Gasteiger partial charge in [-0.2, -0.15) is 0 Å². The molecule has 0 saturated carbocycles. The van der Waals surface area contributed by atoms with Crippen molar-refractivity contribution in [2.75, 3.05) is 26.0 Å². The van der Waals surface area contributed by atoms with Gasteiger partial charge in [0.25, 0.3) is 5.91 Å². The summed E-state index contributed by atoms with van der Waals surface area (Å²) in [5, 5.41) is 4.19. The van der Waals surface area contributed by atoms with Crippen LogP contribution in [0.5, 0.6) is 0 Å². The van der Waals surface area contributed by atoms with Gasteiger partial charge in [0.1, 0.15) is 6.17 Å². The highest BCUT2D eigenvalue weighted by Crippen LogP contribution is 2.37. The molecule has 1 aliphatic rings. The lowest BCUT2D eigenvalue weighted by molar-refractivity contribution is 0.0497. The van der Waals surface area contributed by atoms with E-state index in [-0.39, 0.29) is 29.7 Å². The van der Waals surface area contributed by atoms with Crippen molar-refractivity contribution in [3.63, 3.8) is 0 Å². The molecule has 0 saturated heterocycles. The molecule has 0 fully saturated rings. The van der Waals surface area contributed by atoms with Crippen LogP contribution in [-0.2, 0) is 6.54 Å². The van der Waals surface area contributed by atoms with Gasteiger partial charge in [-0.25, -0.2) is 0 Å². The zero-order chi connectivity index (χ0) is 26.5. The molecule has 37 heavy (non-hydrogen) atoms. The monoisotopic (exact) mass is 581 g/mol. The molecule has 3 unspecified atom stereocenters. The number of nitrogens with zero attached hydrogens (tertiary/aromatic N) is 2. The number of fused-ring (bicyclic) bond motifs is 1. The van der Waals surface area contributed by atoms with Crippen molar-refractivity contribution in [2.45, 2.75) is 32.5 Å². The lowest BCUT2D eigenvalue weighted by Crippen LogP contribution is -2.54. The van der Waals surface area contributed by atoms with Gasteiger partial charge in [0.05, 0.1) is 5.56 Å². The number of ketones is 1. The lowest BCUT2D eigenvalue weighted by atomic mass is 9.78. The van der Waals surface area contributed by atoms with Crippen molar-refractivity contribution in [3.05, 3.63) is 99.0 Å². The first-order chi connectivity index (χ1) is 17.8. The number of carbonyl (C=O) groups is 2. The Morgan fingerprint density at radius 2 is 1.78 bits per heavy atom. The zero-order valence-corrected chi connectivity index (χ0v) is 23.8. The fourth-order valence-electron chi connectivity index (χ4n) is 5.12. The third kappa shape index (κ3) is 6.43. The predicted octanol–water partition coefficient (Wildman–Crippen LogP) is 6.97. The molecule has 3 aromatic rings. The zero-order valence-electron chi connectivity index (χ0n) is 21.5. The SMILES string of the molecule is CCC(C(CCN(C)C)C(=O)c1ccc(Br)cc1)C1Nc2cc(Cl)ccc2C(=O)N1Cc1ccccc1. The second-order valence-electron chi connectivity index (χ2n) is 9.84. The predicted molar refractivity (Wildman–Crippen MR) is 154 cm³/mol. The van der Waals surface area contributed by atoms with Crippen molar-refractivity contribution in [3.8, 4) is 0 Å². The van der Waals surface area contributed by atoms with Crippen LogP contribution in [0.2, 0.25) is 5.02 Å². The number of carbonyl (C=O) groups excluding carboxylic acids is 2. The van der Waals surface area contributed by atoms with E-state index in [0.717, 1.165) is 23.0 Å². The van der Waals surface area contributed by atoms with Crippen molar-refractivity contribution in [1.29, 1.82) is 0 Å². The third-order valence-electron chi connectivity index (χ3n) is 7.05. The summed E-state index contributed by atoms with van der Waals surface area (Å²) in [5.74, 6) is -0.346. The van der Waals surface area contributed by atoms with Gasteiger partial charge in [-0.15, -0.1) is 0 Å². The molecule has 0 radical (unpaired) electrons. The Balaban J connectivity index is 1.76. The number of amides is 1. The van der Waals surface area contributed by atoms with Crippen LogP contribution < -0.4 is 5.32 Å². The molecule has 3 atom stereocenters. The summed E-state index contributed by atoms with van der Waals surface area (Å²) in [6.45, 7) is 3.32. The number of anilines is 1. The van der Waals surface area contributed by atoms with Gasteiger partial charge in [0.2, 0.25) is 0 Å². The second kappa shape index (κ2) is 12.2. The molecule has 1 heterocycles. The van der Waals surface area contributed by atoms with E-state index in [4.69, 9.17) is 11.6 Å². The summed E-state index contributed by atoms with van der Waals surface area (Å²) in [6.07, 6.45) is 1.05. The summed E-state index contributed by atoms with van der Waals surface area (Å²) >= 11 is 9.78. The average Bonchev–Trinajstić information content (AvgIpc) is 2.88. The number of halogens is 2. The van der Waals surface area contributed by atoms with Crippen LogP contribution in [0.1, 0.15) is 46.0 Å². The van der Waals surface area contributed by atoms with E-state index in [1.54, 1.807) is 18.2 Å². The first-order valence-corrected chi connectivity index (χ1v) is 13.8. The van der Waals surface area contributed by atoms with Gasteiger partial charge in [0.15, 0.2) is 5.78 Å². The van der Waals surface area contributed by atoms with E-state index >= 15 is 0 Å². The number of benzene rings is 3. The van der Waals surface area contributed by atoms with Gasteiger partial charge < -0.3 is 15.1 Å². The van der Waals surface area contributed by atoms with E-state index in [9.17, 15) is 9.59 Å². The molecule has 1 aliphatic heterocycles. The molecule has 0 aliphatic carbocycles. The van der Waals surface area contributed by atoms with Gasteiger partial charge >= 0.3 is 0 Å². The third-order valence-corrected chi connectivity index (χ3v) is 7.82. The summed E-state index contributed by atoms with van der Waals surface area (Å²) < 4.78 is 0.933. The molecule has 0 aromatic heterocycles. The van der Waals surface area contributed by atoms with E-state index in [1.165, 1.54) is 0 Å². The van der Waals surface area contributed by atoms with Crippen molar-refractivity contribution in [1.82, 2.24) is 9.80 Å². The summed E-state index contributed by atoms with van der Waals surface area (Å²) in [6, 6.07) is 22.9. The van der Waals surface area contributed by atoms with Crippen LogP contribution in [0.25, 0.3) is 0 Å². The molecular formula is C30H33BrClN3O2. The smallest absolute Gasteiger partial charge is 0.257 e. The average molecular weight is 583 g/mol. The Hall–Kier alpha value is -2.67. The summed E-state index contributed by atoms with van der Waals surface area (Å²) in [7, 11) is 4.04. The Labute approximate surface area is 232 Å². The van der Waals surface area contributed by atoms with Crippen molar-refractivity contribution in [2.24, 2.45) is 11.8 Å². The van der Waals surface area contributed by atoms with Gasteiger partial charge in [-0.05, 0) is 69.4 Å². The van der Waals surface area contributed by atoms with Crippen LogP contribution in [0.4, 0.5) is 5.69 Å². The summed E-state index contributed by atoms with van der Waals surface area (Å²) in [5.41, 5.74) is 3.04. The first kappa shape index (κ1) is 27.4. The number of hydrogen-bond donors (Lipinski definition) is 1. The van der Waals surface area contributed by atoms with Crippen molar-refractivity contribution < 1.29 is 9.59 Å². The van der Waals surface area contributed by atoms with E-state index < -0.39 is 0 Å². The van der Waals surface area contributed by atoms with Crippen LogP contribution in [0.3, 0.4) is 0 Å². The number of rotatable bonds is 10. The maximum absolute atomic E-state index is 14.0. The molecular weight excluding hydrogens is 550 g/mol. The highest BCUT2D eigenvalue weighted by molar-refractivity contribution is 9.10. The van der Waals surface area contributed by atoms with Crippen LogP contribution >= 0.6 is 27.5 Å². The molecule has 0 bridgehead atoms. The van der Waals surface area contributed by atoms with Gasteiger partial charge in [-0.1, -0.05) is 76.9 Å². The van der Waals surface area contributed by atoms with E-state index in [2.05, 4.69) is 33.1 Å². The normalized spacial score (nSPS) is 16.8. The van der Waals surface area contributed by atoms with E-state index in [0.29, 0.717) is 34.8 Å². The lowest BCUT2D eigenvalue weighted by Gasteiger charge is -2.44. The maximum atomic E-state index is 14.0. The molecule has 194 valence electrons. The topological polar surface area (TPSA) is 52.7 Å². The minimum absolute atomic E-state index is 0.0554. The van der Waals surface area contributed by atoms with E-state index in [1.807, 2.05) is 73.6 Å². The fraction of sp³-hybridized carbons (Fsp3) is 0.333. The second-order valence-corrected chi connectivity index (χ2v) is 11.2. The van der Waals surface area contributed by atoms with Gasteiger partial charge in [-0.3, -0.25) is 9.59 Å². The van der Waals surface area contributed by atoms with Gasteiger partial charge in [0, 0.05) is 39.1 Å².